The summed E-state index contributed by atoms with van der Waals surface area (Å²) >= 11 is 0. The fraction of sp³-hybridized carbons (Fsp3) is 0.231. The Bertz CT molecular complexity index is 479. The monoisotopic (exact) mass is 233 g/mol. The largest absolute Gasteiger partial charge is 0.464 e. The number of nitrogens with two attached hydrogens (primary N) is 1. The molecule has 0 radical (unpaired) electrons. The quantitative estimate of drug-likeness (QED) is 0.698. The zero-order valence-electron chi connectivity index (χ0n) is 9.34. The van der Waals surface area contributed by atoms with Crippen LogP contribution in [0, 0.1) is 0 Å². The van der Waals surface area contributed by atoms with Gasteiger partial charge in [-0.05, 0) is 23.8 Å². The predicted molar refractivity (Wildman–Crippen MR) is 65.4 cm³/mol. The summed E-state index contributed by atoms with van der Waals surface area (Å²) in [6.45, 7) is -0.273. The predicted octanol–water partition coefficient (Wildman–Crippen LogP) is 1.42. The molecule has 0 amide bonds. The second-order valence-corrected chi connectivity index (χ2v) is 3.90. The smallest absolute Gasteiger partial charge is 0.135 e. The van der Waals surface area contributed by atoms with Crippen molar-refractivity contribution in [2.45, 2.75) is 12.5 Å². The van der Waals surface area contributed by atoms with Crippen molar-refractivity contribution in [3.8, 4) is 11.3 Å². The number of aliphatic hydroxyl groups is 2. The van der Waals surface area contributed by atoms with E-state index in [9.17, 15) is 5.11 Å². The van der Waals surface area contributed by atoms with E-state index in [-0.39, 0.29) is 6.61 Å². The molecule has 1 aromatic heterocycles. The molecule has 2 aromatic rings. The van der Waals surface area contributed by atoms with Gasteiger partial charge in [-0.15, -0.1) is 0 Å². The molecule has 0 saturated carbocycles. The van der Waals surface area contributed by atoms with Crippen LogP contribution in [-0.4, -0.2) is 22.9 Å². The zero-order valence-corrected chi connectivity index (χ0v) is 9.34. The number of aliphatic hydroxyl groups excluding tert-OH is 2. The highest BCUT2D eigenvalue weighted by atomic mass is 16.3. The van der Waals surface area contributed by atoms with Crippen molar-refractivity contribution in [3.05, 3.63) is 42.2 Å². The minimum atomic E-state index is -0.788. The van der Waals surface area contributed by atoms with E-state index in [4.69, 9.17) is 15.3 Å². The van der Waals surface area contributed by atoms with Crippen molar-refractivity contribution in [2.75, 3.05) is 12.3 Å². The molecule has 1 atom stereocenters. The van der Waals surface area contributed by atoms with E-state index in [1.54, 1.807) is 12.3 Å². The van der Waals surface area contributed by atoms with Gasteiger partial charge in [0.1, 0.15) is 5.76 Å². The highest BCUT2D eigenvalue weighted by Crippen LogP contribution is 2.29. The van der Waals surface area contributed by atoms with Crippen LogP contribution in [0.1, 0.15) is 5.56 Å². The molecule has 0 aliphatic rings. The van der Waals surface area contributed by atoms with Gasteiger partial charge in [-0.1, -0.05) is 12.1 Å². The Morgan fingerprint density at radius 3 is 2.71 bits per heavy atom. The van der Waals surface area contributed by atoms with Gasteiger partial charge in [0.05, 0.1) is 19.0 Å². The molecule has 1 heterocycles. The maximum absolute atomic E-state index is 9.43. The molecule has 1 unspecified atom stereocenters. The first-order valence-electron chi connectivity index (χ1n) is 5.42. The molecule has 0 aliphatic carbocycles. The minimum Gasteiger partial charge on any atom is -0.464 e. The second-order valence-electron chi connectivity index (χ2n) is 3.90. The van der Waals surface area contributed by atoms with E-state index in [1.165, 1.54) is 0 Å². The van der Waals surface area contributed by atoms with E-state index in [0.717, 1.165) is 11.1 Å². The molecular weight excluding hydrogens is 218 g/mol. The molecule has 1 aromatic carbocycles. The summed E-state index contributed by atoms with van der Waals surface area (Å²) in [5, 5.41) is 18.3. The maximum atomic E-state index is 9.43. The van der Waals surface area contributed by atoms with Crippen LogP contribution < -0.4 is 5.73 Å². The van der Waals surface area contributed by atoms with Gasteiger partial charge in [0.2, 0.25) is 0 Å². The van der Waals surface area contributed by atoms with Crippen molar-refractivity contribution in [3.63, 3.8) is 0 Å². The van der Waals surface area contributed by atoms with Gasteiger partial charge in [0, 0.05) is 17.7 Å². The molecule has 17 heavy (non-hydrogen) atoms. The van der Waals surface area contributed by atoms with Gasteiger partial charge in [0.15, 0.2) is 0 Å². The van der Waals surface area contributed by atoms with Crippen LogP contribution in [-0.2, 0) is 6.42 Å². The lowest BCUT2D eigenvalue weighted by atomic mass is 10.0. The van der Waals surface area contributed by atoms with Gasteiger partial charge in [-0.2, -0.15) is 0 Å². The highest BCUT2D eigenvalue weighted by molar-refractivity contribution is 5.75. The number of anilines is 1. The summed E-state index contributed by atoms with van der Waals surface area (Å²) in [6, 6.07) is 9.18. The van der Waals surface area contributed by atoms with Crippen molar-refractivity contribution in [2.24, 2.45) is 0 Å². The SMILES string of the molecule is Nc1c(CC(O)CO)cccc1-c1ccco1. The van der Waals surface area contributed by atoms with Crippen LogP contribution in [0.3, 0.4) is 0 Å². The minimum absolute atomic E-state index is 0.273. The summed E-state index contributed by atoms with van der Waals surface area (Å²) in [6.07, 6.45) is 1.13. The first-order chi connectivity index (χ1) is 8.22. The first kappa shape index (κ1) is 11.7. The van der Waals surface area contributed by atoms with Gasteiger partial charge in [0.25, 0.3) is 0 Å². The summed E-state index contributed by atoms with van der Waals surface area (Å²) in [5.74, 6) is 0.697. The fourth-order valence-electron chi connectivity index (χ4n) is 1.76. The number of hydrogen-bond donors (Lipinski definition) is 3. The van der Waals surface area contributed by atoms with E-state index >= 15 is 0 Å². The van der Waals surface area contributed by atoms with Gasteiger partial charge in [-0.25, -0.2) is 0 Å². The van der Waals surface area contributed by atoms with Crippen molar-refractivity contribution >= 4 is 5.69 Å². The third-order valence-electron chi connectivity index (χ3n) is 2.65. The molecule has 0 saturated heterocycles. The Kier molecular flexibility index (Phi) is 3.46. The van der Waals surface area contributed by atoms with E-state index in [0.29, 0.717) is 17.9 Å². The van der Waals surface area contributed by atoms with Crippen LogP contribution in [0.25, 0.3) is 11.3 Å². The zero-order chi connectivity index (χ0) is 12.3. The fourth-order valence-corrected chi connectivity index (χ4v) is 1.76. The summed E-state index contributed by atoms with van der Waals surface area (Å²) < 4.78 is 5.29. The lowest BCUT2D eigenvalue weighted by Gasteiger charge is -2.12. The number of hydrogen-bond acceptors (Lipinski definition) is 4. The number of nitrogen functional groups attached to an aromatic ring is 1. The molecule has 4 N–H and O–H groups in total. The van der Waals surface area contributed by atoms with Gasteiger partial charge in [-0.3, -0.25) is 0 Å². The Balaban J connectivity index is 2.34. The molecule has 4 nitrogen and oxygen atoms in total. The Labute approximate surface area is 99.3 Å². The van der Waals surface area contributed by atoms with Crippen molar-refractivity contribution < 1.29 is 14.6 Å². The molecule has 4 heteroatoms. The lowest BCUT2D eigenvalue weighted by Crippen LogP contribution is -2.16. The lowest BCUT2D eigenvalue weighted by molar-refractivity contribution is 0.0956. The Hall–Kier alpha value is -1.78. The Morgan fingerprint density at radius 2 is 2.06 bits per heavy atom. The molecule has 0 aliphatic heterocycles. The number of benzene rings is 1. The Morgan fingerprint density at radius 1 is 1.24 bits per heavy atom. The van der Waals surface area contributed by atoms with E-state index in [1.807, 2.05) is 24.3 Å². The molecule has 90 valence electrons. The standard InChI is InChI=1S/C13H15NO3/c14-13-9(7-10(16)8-15)3-1-4-11(13)12-5-2-6-17-12/h1-6,10,15-16H,7-8,14H2. The molecule has 0 fully saturated rings. The maximum Gasteiger partial charge on any atom is 0.135 e. The van der Waals surface area contributed by atoms with Crippen LogP contribution in [0.2, 0.25) is 0 Å². The van der Waals surface area contributed by atoms with E-state index in [2.05, 4.69) is 0 Å². The van der Waals surface area contributed by atoms with Gasteiger partial charge < -0.3 is 20.4 Å². The summed E-state index contributed by atoms with van der Waals surface area (Å²) in [5.41, 5.74) is 8.21. The average Bonchev–Trinajstić information content (AvgIpc) is 2.85. The topological polar surface area (TPSA) is 79.6 Å². The molecule has 0 spiro atoms. The second kappa shape index (κ2) is 5.03. The van der Waals surface area contributed by atoms with Crippen LogP contribution in [0.4, 0.5) is 5.69 Å². The van der Waals surface area contributed by atoms with Crippen molar-refractivity contribution in [1.29, 1.82) is 0 Å². The first-order valence-corrected chi connectivity index (χ1v) is 5.42. The summed E-state index contributed by atoms with van der Waals surface area (Å²) in [7, 11) is 0. The normalized spacial score (nSPS) is 12.6. The third-order valence-corrected chi connectivity index (χ3v) is 2.65. The van der Waals surface area contributed by atoms with E-state index < -0.39 is 6.10 Å². The highest BCUT2D eigenvalue weighted by Gasteiger charge is 2.11. The van der Waals surface area contributed by atoms with Gasteiger partial charge >= 0.3 is 0 Å². The number of rotatable bonds is 4. The van der Waals surface area contributed by atoms with Crippen molar-refractivity contribution in [1.82, 2.24) is 0 Å². The number of para-hydroxylation sites is 1. The number of furan rings is 1. The molecule has 2 rings (SSSR count). The molecule has 0 bridgehead atoms. The summed E-state index contributed by atoms with van der Waals surface area (Å²) in [4.78, 5) is 0. The average molecular weight is 233 g/mol. The molecular formula is C13H15NO3. The van der Waals surface area contributed by atoms with Crippen LogP contribution in [0.5, 0.6) is 0 Å². The van der Waals surface area contributed by atoms with Crippen LogP contribution >= 0.6 is 0 Å². The third kappa shape index (κ3) is 2.49. The van der Waals surface area contributed by atoms with Crippen LogP contribution in [0.15, 0.2) is 41.0 Å².